The number of carbonyl (C=O) groups is 1. The van der Waals surface area contributed by atoms with Gasteiger partial charge in [0.2, 0.25) is 0 Å². The molecule has 2 aromatic rings. The van der Waals surface area contributed by atoms with Crippen molar-refractivity contribution in [2.24, 2.45) is 0 Å². The molecule has 5 heteroatoms. The van der Waals surface area contributed by atoms with Crippen LogP contribution in [0.5, 0.6) is 0 Å². The van der Waals surface area contributed by atoms with Crippen LogP contribution < -0.4 is 5.32 Å². The van der Waals surface area contributed by atoms with Crippen molar-refractivity contribution in [1.29, 1.82) is 0 Å². The lowest BCUT2D eigenvalue weighted by molar-refractivity contribution is 0.0944. The number of halogens is 2. The fourth-order valence-electron chi connectivity index (χ4n) is 1.55. The van der Waals surface area contributed by atoms with Crippen LogP contribution in [0, 0.1) is 0 Å². The predicted octanol–water partition coefficient (Wildman–Crippen LogP) is 4.66. The summed E-state index contributed by atoms with van der Waals surface area (Å²) in [6.45, 7) is 1.95. The van der Waals surface area contributed by atoms with Gasteiger partial charge in [0.25, 0.3) is 5.91 Å². The minimum atomic E-state index is -0.134. The molecule has 0 aliphatic heterocycles. The van der Waals surface area contributed by atoms with Gasteiger partial charge >= 0.3 is 0 Å². The fraction of sp³-hybridized carbons (Fsp3) is 0.154. The molecule has 1 N–H and O–H groups in total. The molecule has 1 atom stereocenters. The van der Waals surface area contributed by atoms with Crippen LogP contribution in [0.2, 0.25) is 5.02 Å². The molecule has 18 heavy (non-hydrogen) atoms. The van der Waals surface area contributed by atoms with Crippen LogP contribution in [0.4, 0.5) is 0 Å². The van der Waals surface area contributed by atoms with E-state index in [0.29, 0.717) is 9.90 Å². The second kappa shape index (κ2) is 5.87. The van der Waals surface area contributed by atoms with E-state index < -0.39 is 0 Å². The first-order chi connectivity index (χ1) is 8.58. The standard InChI is InChI=1S/C13H11BrClNOS/c1-8(9-2-4-10(14)5-3-9)16-13(17)12-11(15)6-7-18-12/h2-8H,1H3,(H,16,17). The number of thiophene rings is 1. The highest BCUT2D eigenvalue weighted by Crippen LogP contribution is 2.23. The van der Waals surface area contributed by atoms with E-state index in [1.165, 1.54) is 11.3 Å². The van der Waals surface area contributed by atoms with E-state index in [-0.39, 0.29) is 11.9 Å². The molecule has 1 unspecified atom stereocenters. The zero-order valence-corrected chi connectivity index (χ0v) is 12.8. The lowest BCUT2D eigenvalue weighted by atomic mass is 10.1. The summed E-state index contributed by atoms with van der Waals surface area (Å²) in [5.41, 5.74) is 1.05. The first-order valence-corrected chi connectivity index (χ1v) is 7.42. The van der Waals surface area contributed by atoms with E-state index in [1.807, 2.05) is 36.6 Å². The largest absolute Gasteiger partial charge is 0.345 e. The summed E-state index contributed by atoms with van der Waals surface area (Å²) in [4.78, 5) is 12.5. The highest BCUT2D eigenvalue weighted by Gasteiger charge is 2.15. The van der Waals surface area contributed by atoms with Gasteiger partial charge in [0, 0.05) is 4.47 Å². The fourth-order valence-corrected chi connectivity index (χ4v) is 2.86. The Labute approximate surface area is 123 Å². The molecule has 0 spiro atoms. The molecule has 2 nitrogen and oxygen atoms in total. The minimum absolute atomic E-state index is 0.0521. The smallest absolute Gasteiger partial charge is 0.263 e. The van der Waals surface area contributed by atoms with Crippen LogP contribution in [0.15, 0.2) is 40.2 Å². The number of amides is 1. The summed E-state index contributed by atoms with van der Waals surface area (Å²) in [5.74, 6) is -0.134. The van der Waals surface area contributed by atoms with Crippen LogP contribution in [-0.2, 0) is 0 Å². The third kappa shape index (κ3) is 3.13. The molecule has 0 aliphatic rings. The second-order valence-corrected chi connectivity index (χ2v) is 6.08. The van der Waals surface area contributed by atoms with Gasteiger partial charge in [0.05, 0.1) is 11.1 Å². The van der Waals surface area contributed by atoms with Gasteiger partial charge in [0.15, 0.2) is 0 Å². The Balaban J connectivity index is 2.08. The van der Waals surface area contributed by atoms with Crippen molar-refractivity contribution in [2.75, 3.05) is 0 Å². The van der Waals surface area contributed by atoms with Crippen molar-refractivity contribution < 1.29 is 4.79 Å². The van der Waals surface area contributed by atoms with Gasteiger partial charge in [-0.05, 0) is 36.1 Å². The maximum Gasteiger partial charge on any atom is 0.263 e. The van der Waals surface area contributed by atoms with Crippen molar-refractivity contribution in [3.63, 3.8) is 0 Å². The molecule has 1 aromatic carbocycles. The SMILES string of the molecule is CC(NC(=O)c1sccc1Cl)c1ccc(Br)cc1. The molecule has 2 rings (SSSR count). The molecular formula is C13H11BrClNOS. The molecule has 94 valence electrons. The summed E-state index contributed by atoms with van der Waals surface area (Å²) in [5, 5.41) is 5.24. The Bertz CT molecular complexity index is 552. The van der Waals surface area contributed by atoms with Crippen LogP contribution in [0.3, 0.4) is 0 Å². The molecule has 0 bridgehead atoms. The van der Waals surface area contributed by atoms with E-state index in [0.717, 1.165) is 10.0 Å². The molecule has 1 heterocycles. The first kappa shape index (κ1) is 13.6. The van der Waals surface area contributed by atoms with Crippen molar-refractivity contribution >= 4 is 44.8 Å². The van der Waals surface area contributed by atoms with Crippen molar-refractivity contribution in [3.05, 3.63) is 55.6 Å². The third-order valence-electron chi connectivity index (χ3n) is 2.54. The van der Waals surface area contributed by atoms with Gasteiger partial charge in [-0.3, -0.25) is 4.79 Å². The van der Waals surface area contributed by atoms with Crippen molar-refractivity contribution in [2.45, 2.75) is 13.0 Å². The summed E-state index contributed by atoms with van der Waals surface area (Å²) in [7, 11) is 0. The lowest BCUT2D eigenvalue weighted by Gasteiger charge is -2.14. The lowest BCUT2D eigenvalue weighted by Crippen LogP contribution is -2.26. The zero-order valence-electron chi connectivity index (χ0n) is 9.61. The molecule has 1 amide bonds. The Hall–Kier alpha value is -0.840. The van der Waals surface area contributed by atoms with E-state index in [2.05, 4.69) is 21.2 Å². The number of carbonyl (C=O) groups excluding carboxylic acids is 1. The molecule has 0 saturated heterocycles. The molecule has 0 radical (unpaired) electrons. The summed E-state index contributed by atoms with van der Waals surface area (Å²) < 4.78 is 1.02. The Kier molecular flexibility index (Phi) is 4.43. The van der Waals surface area contributed by atoms with Gasteiger partial charge in [-0.1, -0.05) is 39.7 Å². The van der Waals surface area contributed by atoms with Gasteiger partial charge in [-0.15, -0.1) is 11.3 Å². The molecule has 1 aromatic heterocycles. The van der Waals surface area contributed by atoms with Crippen LogP contribution in [0.1, 0.15) is 28.2 Å². The minimum Gasteiger partial charge on any atom is -0.345 e. The first-order valence-electron chi connectivity index (χ1n) is 5.37. The van der Waals surface area contributed by atoms with Crippen LogP contribution in [0.25, 0.3) is 0 Å². The van der Waals surface area contributed by atoms with E-state index >= 15 is 0 Å². The molecular weight excluding hydrogens is 334 g/mol. The van der Waals surface area contributed by atoms with E-state index in [9.17, 15) is 4.79 Å². The molecule has 0 fully saturated rings. The zero-order chi connectivity index (χ0) is 13.1. The van der Waals surface area contributed by atoms with Crippen molar-refractivity contribution in [1.82, 2.24) is 5.32 Å². The van der Waals surface area contributed by atoms with Crippen molar-refractivity contribution in [3.8, 4) is 0 Å². The summed E-state index contributed by atoms with van der Waals surface area (Å²) in [6.07, 6.45) is 0. The average Bonchev–Trinajstić information content (AvgIpc) is 2.76. The number of nitrogens with one attached hydrogen (secondary N) is 1. The third-order valence-corrected chi connectivity index (χ3v) is 4.41. The molecule has 0 aliphatic carbocycles. The Morgan fingerprint density at radius 3 is 2.56 bits per heavy atom. The molecule has 0 saturated carbocycles. The summed E-state index contributed by atoms with van der Waals surface area (Å²) >= 11 is 10.7. The van der Waals surface area contributed by atoms with Gasteiger partial charge in [0.1, 0.15) is 4.88 Å². The average molecular weight is 345 g/mol. The van der Waals surface area contributed by atoms with Crippen LogP contribution in [-0.4, -0.2) is 5.91 Å². The topological polar surface area (TPSA) is 29.1 Å². The summed E-state index contributed by atoms with van der Waals surface area (Å²) in [6, 6.07) is 9.54. The number of hydrogen-bond donors (Lipinski definition) is 1. The number of benzene rings is 1. The number of rotatable bonds is 3. The monoisotopic (exact) mass is 343 g/mol. The maximum absolute atomic E-state index is 12.0. The Morgan fingerprint density at radius 1 is 1.33 bits per heavy atom. The van der Waals surface area contributed by atoms with E-state index in [4.69, 9.17) is 11.6 Å². The maximum atomic E-state index is 12.0. The van der Waals surface area contributed by atoms with Gasteiger partial charge < -0.3 is 5.32 Å². The Morgan fingerprint density at radius 2 is 2.00 bits per heavy atom. The highest BCUT2D eigenvalue weighted by atomic mass is 79.9. The predicted molar refractivity (Wildman–Crippen MR) is 79.4 cm³/mol. The second-order valence-electron chi connectivity index (χ2n) is 3.84. The van der Waals surface area contributed by atoms with Gasteiger partial charge in [-0.25, -0.2) is 0 Å². The highest BCUT2D eigenvalue weighted by molar-refractivity contribution is 9.10. The van der Waals surface area contributed by atoms with Gasteiger partial charge in [-0.2, -0.15) is 0 Å². The van der Waals surface area contributed by atoms with E-state index in [1.54, 1.807) is 6.07 Å². The quantitative estimate of drug-likeness (QED) is 0.862. The number of hydrogen-bond acceptors (Lipinski definition) is 2. The van der Waals surface area contributed by atoms with Crippen LogP contribution >= 0.6 is 38.9 Å². The normalized spacial score (nSPS) is 12.2.